The van der Waals surface area contributed by atoms with E-state index in [1.807, 2.05) is 12.1 Å². The highest BCUT2D eigenvalue weighted by Gasteiger charge is 2.11. The van der Waals surface area contributed by atoms with Crippen molar-refractivity contribution in [3.8, 4) is 0 Å². The van der Waals surface area contributed by atoms with Gasteiger partial charge < -0.3 is 16.0 Å². The molecule has 19 heavy (non-hydrogen) atoms. The van der Waals surface area contributed by atoms with Gasteiger partial charge in [0.05, 0.1) is 0 Å². The summed E-state index contributed by atoms with van der Waals surface area (Å²) in [5, 5.41) is 3.52. The number of likely N-dealkylation sites (N-methyl/N-ethyl adjacent to an activating group) is 1. The first-order valence-corrected chi connectivity index (χ1v) is 7.28. The smallest absolute Gasteiger partial charge is 0.106 e. The van der Waals surface area contributed by atoms with Crippen LogP contribution in [0.1, 0.15) is 31.9 Å². The van der Waals surface area contributed by atoms with E-state index in [1.165, 1.54) is 5.56 Å². The minimum absolute atomic E-state index is 0.356. The molecule has 0 saturated heterocycles. The topological polar surface area (TPSA) is 41.3 Å². The molecule has 0 radical (unpaired) electrons. The second-order valence-corrected chi connectivity index (χ2v) is 5.38. The molecular weight excluding hydrogens is 254 g/mol. The summed E-state index contributed by atoms with van der Waals surface area (Å²) in [4.78, 5) is 2.84. The number of rotatable bonds is 7. The van der Waals surface area contributed by atoms with E-state index in [0.717, 1.165) is 30.9 Å². The van der Waals surface area contributed by atoms with Gasteiger partial charge in [0.1, 0.15) is 4.99 Å². The van der Waals surface area contributed by atoms with Gasteiger partial charge in [-0.2, -0.15) is 0 Å². The predicted octanol–water partition coefficient (Wildman–Crippen LogP) is 2.77. The summed E-state index contributed by atoms with van der Waals surface area (Å²) >= 11 is 5.11. The molecule has 3 nitrogen and oxygen atoms in total. The van der Waals surface area contributed by atoms with Crippen LogP contribution in [0, 0.1) is 6.92 Å². The van der Waals surface area contributed by atoms with E-state index in [2.05, 4.69) is 44.0 Å². The van der Waals surface area contributed by atoms with Gasteiger partial charge in [0, 0.05) is 23.8 Å². The Morgan fingerprint density at radius 3 is 2.53 bits per heavy atom. The van der Waals surface area contributed by atoms with Crippen molar-refractivity contribution in [3.05, 3.63) is 29.3 Å². The van der Waals surface area contributed by atoms with Crippen molar-refractivity contribution >= 4 is 22.9 Å². The van der Waals surface area contributed by atoms with Crippen LogP contribution in [-0.2, 0) is 0 Å². The normalized spacial score (nSPS) is 12.5. The highest BCUT2D eigenvalue weighted by Crippen LogP contribution is 2.18. The lowest BCUT2D eigenvalue weighted by Crippen LogP contribution is -2.35. The van der Waals surface area contributed by atoms with Gasteiger partial charge in [0.15, 0.2) is 0 Å². The third-order valence-corrected chi connectivity index (χ3v) is 3.49. The van der Waals surface area contributed by atoms with Crippen LogP contribution in [0.15, 0.2) is 18.2 Å². The van der Waals surface area contributed by atoms with Crippen molar-refractivity contribution in [1.82, 2.24) is 4.90 Å². The molecule has 0 aliphatic carbocycles. The molecule has 1 rings (SSSR count). The molecular formula is C15H25N3S. The van der Waals surface area contributed by atoms with Gasteiger partial charge in [-0.15, -0.1) is 0 Å². The fourth-order valence-corrected chi connectivity index (χ4v) is 2.35. The minimum atomic E-state index is 0.356. The zero-order valence-electron chi connectivity index (χ0n) is 12.4. The van der Waals surface area contributed by atoms with Crippen LogP contribution in [-0.4, -0.2) is 35.6 Å². The number of nitrogens with two attached hydrogens (primary N) is 1. The molecule has 0 aromatic heterocycles. The lowest BCUT2D eigenvalue weighted by molar-refractivity contribution is 0.295. The Labute approximate surface area is 122 Å². The molecule has 0 saturated carbocycles. The second kappa shape index (κ2) is 7.46. The lowest BCUT2D eigenvalue weighted by Gasteiger charge is -2.25. The third-order valence-electron chi connectivity index (χ3n) is 3.27. The quantitative estimate of drug-likeness (QED) is 0.753. The Morgan fingerprint density at radius 1 is 1.37 bits per heavy atom. The van der Waals surface area contributed by atoms with Crippen LogP contribution in [0.5, 0.6) is 0 Å². The lowest BCUT2D eigenvalue weighted by atomic mass is 10.1. The Morgan fingerprint density at radius 2 is 2.00 bits per heavy atom. The first kappa shape index (κ1) is 15.9. The van der Waals surface area contributed by atoms with Crippen molar-refractivity contribution in [3.63, 3.8) is 0 Å². The van der Waals surface area contributed by atoms with Crippen molar-refractivity contribution in [2.75, 3.05) is 25.0 Å². The molecule has 1 atom stereocenters. The van der Waals surface area contributed by atoms with Gasteiger partial charge in [-0.05, 0) is 44.6 Å². The molecule has 0 aliphatic heterocycles. The molecule has 3 N–H and O–H groups in total. The van der Waals surface area contributed by atoms with E-state index in [1.54, 1.807) is 0 Å². The number of hydrogen-bond donors (Lipinski definition) is 2. The standard InChI is InChI=1S/C15H25N3S/c1-5-18(6-2)10-12(4)17-14-9-11(3)7-8-13(14)15(16)19/h7-9,12,17H,5-6,10H2,1-4H3,(H2,16,19). The Bertz CT molecular complexity index is 427. The van der Waals surface area contributed by atoms with Gasteiger partial charge >= 0.3 is 0 Å². The zero-order chi connectivity index (χ0) is 14.4. The fourth-order valence-electron chi connectivity index (χ4n) is 2.17. The van der Waals surface area contributed by atoms with E-state index in [-0.39, 0.29) is 0 Å². The Hall–Kier alpha value is -1.13. The third kappa shape index (κ3) is 4.80. The zero-order valence-corrected chi connectivity index (χ0v) is 13.2. The minimum Gasteiger partial charge on any atom is -0.389 e. The van der Waals surface area contributed by atoms with E-state index in [4.69, 9.17) is 18.0 Å². The Balaban J connectivity index is 2.80. The van der Waals surface area contributed by atoms with Crippen LogP contribution >= 0.6 is 12.2 Å². The molecule has 0 bridgehead atoms. The van der Waals surface area contributed by atoms with Crippen molar-refractivity contribution in [2.24, 2.45) is 5.73 Å². The van der Waals surface area contributed by atoms with Crippen LogP contribution in [0.2, 0.25) is 0 Å². The molecule has 0 amide bonds. The van der Waals surface area contributed by atoms with Gasteiger partial charge in [-0.25, -0.2) is 0 Å². The molecule has 0 spiro atoms. The average molecular weight is 279 g/mol. The second-order valence-electron chi connectivity index (χ2n) is 4.94. The van der Waals surface area contributed by atoms with Gasteiger partial charge in [-0.1, -0.05) is 32.1 Å². The summed E-state index contributed by atoms with van der Waals surface area (Å²) in [5.41, 5.74) is 8.94. The van der Waals surface area contributed by atoms with Crippen LogP contribution in [0.4, 0.5) is 5.69 Å². The average Bonchev–Trinajstić information content (AvgIpc) is 2.35. The number of nitrogens with zero attached hydrogens (tertiary/aromatic N) is 1. The fraction of sp³-hybridized carbons (Fsp3) is 0.533. The van der Waals surface area contributed by atoms with E-state index in [0.29, 0.717) is 11.0 Å². The molecule has 0 fully saturated rings. The summed E-state index contributed by atoms with van der Waals surface area (Å²) < 4.78 is 0. The molecule has 1 aromatic carbocycles. The van der Waals surface area contributed by atoms with Crippen molar-refractivity contribution < 1.29 is 0 Å². The predicted molar refractivity (Wildman–Crippen MR) is 87.9 cm³/mol. The largest absolute Gasteiger partial charge is 0.389 e. The summed E-state index contributed by atoms with van der Waals surface area (Å²) in [6, 6.07) is 6.49. The Kier molecular flexibility index (Phi) is 6.25. The van der Waals surface area contributed by atoms with Gasteiger partial charge in [0.2, 0.25) is 0 Å². The first-order valence-electron chi connectivity index (χ1n) is 6.87. The SMILES string of the molecule is CCN(CC)CC(C)Nc1cc(C)ccc1C(N)=S. The summed E-state index contributed by atoms with van der Waals surface area (Å²) in [6.07, 6.45) is 0. The first-order chi connectivity index (χ1) is 8.97. The van der Waals surface area contributed by atoms with Crippen molar-refractivity contribution in [2.45, 2.75) is 33.7 Å². The molecule has 1 unspecified atom stereocenters. The van der Waals surface area contributed by atoms with E-state index >= 15 is 0 Å². The maximum Gasteiger partial charge on any atom is 0.106 e. The monoisotopic (exact) mass is 279 g/mol. The van der Waals surface area contributed by atoms with E-state index < -0.39 is 0 Å². The summed E-state index contributed by atoms with van der Waals surface area (Å²) in [6.45, 7) is 11.8. The highest BCUT2D eigenvalue weighted by atomic mass is 32.1. The van der Waals surface area contributed by atoms with Gasteiger partial charge in [0.25, 0.3) is 0 Å². The summed E-state index contributed by atoms with van der Waals surface area (Å²) in [7, 11) is 0. The highest BCUT2D eigenvalue weighted by molar-refractivity contribution is 7.80. The van der Waals surface area contributed by atoms with Crippen molar-refractivity contribution in [1.29, 1.82) is 0 Å². The number of hydrogen-bond acceptors (Lipinski definition) is 3. The van der Waals surface area contributed by atoms with Gasteiger partial charge in [-0.3, -0.25) is 0 Å². The van der Waals surface area contributed by atoms with E-state index in [9.17, 15) is 0 Å². The molecule has 0 aliphatic rings. The molecule has 0 heterocycles. The number of nitrogens with one attached hydrogen (secondary N) is 1. The van der Waals surface area contributed by atoms with Crippen LogP contribution in [0.3, 0.4) is 0 Å². The molecule has 1 aromatic rings. The number of thiocarbonyl (C=S) groups is 1. The summed E-state index contributed by atoms with van der Waals surface area (Å²) in [5.74, 6) is 0. The maximum atomic E-state index is 5.77. The van der Waals surface area contributed by atoms with Crippen LogP contribution in [0.25, 0.3) is 0 Å². The number of aryl methyl sites for hydroxylation is 1. The van der Waals surface area contributed by atoms with Crippen LogP contribution < -0.4 is 11.1 Å². The number of anilines is 1. The molecule has 106 valence electrons. The molecule has 4 heteroatoms. The maximum absolute atomic E-state index is 5.77. The number of benzene rings is 1.